The van der Waals surface area contributed by atoms with E-state index in [9.17, 15) is 0 Å². The van der Waals surface area contributed by atoms with Crippen LogP contribution in [0.15, 0.2) is 30.5 Å². The number of para-hydroxylation sites is 1. The van der Waals surface area contributed by atoms with Crippen LogP contribution in [0.1, 0.15) is 0 Å². The van der Waals surface area contributed by atoms with E-state index in [1.807, 2.05) is 49.2 Å². The summed E-state index contributed by atoms with van der Waals surface area (Å²) < 4.78 is 3.53. The maximum Gasteiger partial charge on any atom is 0.121 e. The van der Waals surface area contributed by atoms with Crippen LogP contribution >= 0.6 is 0 Å². The first kappa shape index (κ1) is 9.89. The minimum absolute atomic E-state index is 0.652. The molecule has 0 fully saturated rings. The fourth-order valence-corrected chi connectivity index (χ4v) is 2.05. The lowest BCUT2D eigenvalue weighted by Crippen LogP contribution is -1.97. The van der Waals surface area contributed by atoms with Gasteiger partial charge in [0.15, 0.2) is 0 Å². The maximum absolute atomic E-state index is 5.81. The van der Waals surface area contributed by atoms with Gasteiger partial charge in [0.1, 0.15) is 5.82 Å². The predicted molar refractivity (Wildman–Crippen MR) is 67.3 cm³/mol. The van der Waals surface area contributed by atoms with Crippen LogP contribution in [0.3, 0.4) is 0 Å². The molecule has 3 rings (SSSR count). The van der Waals surface area contributed by atoms with Crippen molar-refractivity contribution in [1.82, 2.24) is 19.6 Å². The molecule has 2 N–H and O–H groups in total. The van der Waals surface area contributed by atoms with Gasteiger partial charge in [-0.05, 0) is 0 Å². The number of hydrogen-bond acceptors (Lipinski definition) is 3. The molecule has 0 aliphatic carbocycles. The van der Waals surface area contributed by atoms with Crippen molar-refractivity contribution in [3.8, 4) is 11.3 Å². The summed E-state index contributed by atoms with van der Waals surface area (Å²) in [6, 6.07) is 7.95. The molecule has 17 heavy (non-hydrogen) atoms. The summed E-state index contributed by atoms with van der Waals surface area (Å²) in [4.78, 5) is 0. The minimum atomic E-state index is 0.652. The summed E-state index contributed by atoms with van der Waals surface area (Å²) in [7, 11) is 3.76. The SMILES string of the molecule is Cn1nc(-c2cccc3cnn(C)c23)cc1N. The largest absolute Gasteiger partial charge is 0.384 e. The van der Waals surface area contributed by atoms with Gasteiger partial charge in [0.2, 0.25) is 0 Å². The van der Waals surface area contributed by atoms with Crippen molar-refractivity contribution >= 4 is 16.7 Å². The van der Waals surface area contributed by atoms with E-state index in [0.717, 1.165) is 22.2 Å². The molecular weight excluding hydrogens is 214 g/mol. The molecule has 0 unspecified atom stereocenters. The minimum Gasteiger partial charge on any atom is -0.384 e. The van der Waals surface area contributed by atoms with Gasteiger partial charge in [-0.15, -0.1) is 0 Å². The summed E-state index contributed by atoms with van der Waals surface area (Å²) in [5, 5.41) is 9.77. The molecule has 3 aromatic rings. The van der Waals surface area contributed by atoms with Gasteiger partial charge in [-0.1, -0.05) is 18.2 Å². The molecule has 5 nitrogen and oxygen atoms in total. The average Bonchev–Trinajstić information content (AvgIpc) is 2.84. The fraction of sp³-hybridized carbons (Fsp3) is 0.167. The Morgan fingerprint density at radius 3 is 2.71 bits per heavy atom. The molecule has 0 bridgehead atoms. The Bertz CT molecular complexity index is 673. The van der Waals surface area contributed by atoms with Crippen LogP contribution < -0.4 is 5.73 Å². The second kappa shape index (κ2) is 3.35. The van der Waals surface area contributed by atoms with Crippen LogP contribution in [-0.2, 0) is 14.1 Å². The van der Waals surface area contributed by atoms with E-state index in [1.54, 1.807) is 4.68 Å². The lowest BCUT2D eigenvalue weighted by Gasteiger charge is -2.01. The third-order valence-electron chi connectivity index (χ3n) is 2.95. The Kier molecular flexibility index (Phi) is 1.95. The van der Waals surface area contributed by atoms with Crippen LogP contribution in [0, 0.1) is 0 Å². The number of aryl methyl sites for hydroxylation is 2. The summed E-state index contributed by atoms with van der Waals surface area (Å²) in [5.74, 6) is 0.652. The second-order valence-electron chi connectivity index (χ2n) is 4.09. The molecule has 0 aliphatic rings. The van der Waals surface area contributed by atoms with Crippen LogP contribution in [-0.4, -0.2) is 19.6 Å². The topological polar surface area (TPSA) is 61.7 Å². The number of nitrogens with zero attached hydrogens (tertiary/aromatic N) is 4. The van der Waals surface area contributed by atoms with E-state index in [4.69, 9.17) is 5.73 Å². The Balaban J connectivity index is 2.33. The number of fused-ring (bicyclic) bond motifs is 1. The molecule has 0 saturated carbocycles. The summed E-state index contributed by atoms with van der Waals surface area (Å²) in [6.07, 6.45) is 1.85. The highest BCUT2D eigenvalue weighted by molar-refractivity contribution is 5.93. The van der Waals surface area contributed by atoms with Crippen molar-refractivity contribution in [2.75, 3.05) is 5.73 Å². The van der Waals surface area contributed by atoms with Gasteiger partial charge in [0.05, 0.1) is 17.4 Å². The van der Waals surface area contributed by atoms with Crippen LogP contribution in [0.2, 0.25) is 0 Å². The molecule has 1 aromatic carbocycles. The normalized spacial score (nSPS) is 11.2. The van der Waals surface area contributed by atoms with Crippen molar-refractivity contribution in [1.29, 1.82) is 0 Å². The van der Waals surface area contributed by atoms with Crippen molar-refractivity contribution < 1.29 is 0 Å². The molecule has 0 saturated heterocycles. The van der Waals surface area contributed by atoms with Gasteiger partial charge in [-0.3, -0.25) is 9.36 Å². The zero-order chi connectivity index (χ0) is 12.0. The standard InChI is InChI=1S/C12H13N5/c1-16-11(13)6-10(15-16)9-5-3-4-8-7-14-17(2)12(8)9/h3-7H,13H2,1-2H3. The summed E-state index contributed by atoms with van der Waals surface area (Å²) in [5.41, 5.74) is 8.81. The molecule has 0 atom stereocenters. The Labute approximate surface area is 98.5 Å². The molecule has 5 heteroatoms. The van der Waals surface area contributed by atoms with Gasteiger partial charge in [-0.2, -0.15) is 10.2 Å². The number of hydrogen-bond donors (Lipinski definition) is 1. The van der Waals surface area contributed by atoms with Crippen molar-refractivity contribution in [3.05, 3.63) is 30.5 Å². The second-order valence-corrected chi connectivity index (χ2v) is 4.09. The molecular formula is C12H13N5. The van der Waals surface area contributed by atoms with Crippen LogP contribution in [0.4, 0.5) is 5.82 Å². The predicted octanol–water partition coefficient (Wildman–Crippen LogP) is 1.56. The quantitative estimate of drug-likeness (QED) is 0.686. The van der Waals surface area contributed by atoms with Gasteiger partial charge in [0.25, 0.3) is 0 Å². The van der Waals surface area contributed by atoms with Crippen molar-refractivity contribution in [2.45, 2.75) is 0 Å². The molecule has 2 heterocycles. The zero-order valence-electron chi connectivity index (χ0n) is 9.75. The first-order valence-corrected chi connectivity index (χ1v) is 5.37. The van der Waals surface area contributed by atoms with E-state index in [0.29, 0.717) is 5.82 Å². The van der Waals surface area contributed by atoms with Crippen molar-refractivity contribution in [3.63, 3.8) is 0 Å². The highest BCUT2D eigenvalue weighted by Gasteiger charge is 2.11. The third-order valence-corrected chi connectivity index (χ3v) is 2.95. The van der Waals surface area contributed by atoms with Gasteiger partial charge in [-0.25, -0.2) is 0 Å². The molecule has 0 aliphatic heterocycles. The number of nitrogens with two attached hydrogens (primary N) is 1. The number of anilines is 1. The number of benzene rings is 1. The van der Waals surface area contributed by atoms with Crippen LogP contribution in [0.25, 0.3) is 22.2 Å². The monoisotopic (exact) mass is 227 g/mol. The van der Waals surface area contributed by atoms with E-state index >= 15 is 0 Å². The average molecular weight is 227 g/mol. The van der Waals surface area contributed by atoms with Gasteiger partial charge in [0, 0.05) is 31.1 Å². The smallest absolute Gasteiger partial charge is 0.121 e. The maximum atomic E-state index is 5.81. The number of nitrogen functional groups attached to an aromatic ring is 1. The zero-order valence-corrected chi connectivity index (χ0v) is 9.75. The van der Waals surface area contributed by atoms with Crippen molar-refractivity contribution in [2.24, 2.45) is 14.1 Å². The molecule has 0 radical (unpaired) electrons. The Hall–Kier alpha value is -2.30. The molecule has 0 spiro atoms. The van der Waals surface area contributed by atoms with E-state index in [2.05, 4.69) is 10.2 Å². The summed E-state index contributed by atoms with van der Waals surface area (Å²) >= 11 is 0. The highest BCUT2D eigenvalue weighted by atomic mass is 15.3. The Morgan fingerprint density at radius 1 is 1.18 bits per heavy atom. The highest BCUT2D eigenvalue weighted by Crippen LogP contribution is 2.27. The Morgan fingerprint density at radius 2 is 2.00 bits per heavy atom. The van der Waals surface area contributed by atoms with E-state index in [1.165, 1.54) is 0 Å². The van der Waals surface area contributed by atoms with Gasteiger partial charge < -0.3 is 5.73 Å². The number of rotatable bonds is 1. The lowest BCUT2D eigenvalue weighted by molar-refractivity contribution is 0.780. The first-order valence-electron chi connectivity index (χ1n) is 5.37. The molecule has 86 valence electrons. The lowest BCUT2D eigenvalue weighted by atomic mass is 10.1. The van der Waals surface area contributed by atoms with E-state index < -0.39 is 0 Å². The fourth-order valence-electron chi connectivity index (χ4n) is 2.05. The van der Waals surface area contributed by atoms with Gasteiger partial charge >= 0.3 is 0 Å². The molecule has 2 aromatic heterocycles. The summed E-state index contributed by atoms with van der Waals surface area (Å²) in [6.45, 7) is 0. The van der Waals surface area contributed by atoms with Crippen LogP contribution in [0.5, 0.6) is 0 Å². The molecule has 0 amide bonds. The first-order chi connectivity index (χ1) is 8.16. The van der Waals surface area contributed by atoms with E-state index in [-0.39, 0.29) is 0 Å². The third kappa shape index (κ3) is 1.39. The number of aromatic nitrogens is 4.